The van der Waals surface area contributed by atoms with E-state index in [0.717, 1.165) is 23.2 Å². The Labute approximate surface area is 148 Å². The summed E-state index contributed by atoms with van der Waals surface area (Å²) in [5, 5.41) is 12.2. The summed E-state index contributed by atoms with van der Waals surface area (Å²) in [7, 11) is 1.94. The number of nitrogens with zero attached hydrogens (tertiary/aromatic N) is 3. The van der Waals surface area contributed by atoms with E-state index in [4.69, 9.17) is 0 Å². The number of carbonyl (C=O) groups excluding carboxylic acids is 1. The van der Waals surface area contributed by atoms with Crippen LogP contribution in [0.4, 0.5) is 0 Å². The monoisotopic (exact) mass is 346 g/mol. The summed E-state index contributed by atoms with van der Waals surface area (Å²) in [5.41, 5.74) is 2.42. The van der Waals surface area contributed by atoms with Gasteiger partial charge in [-0.2, -0.15) is 0 Å². The van der Waals surface area contributed by atoms with Crippen molar-refractivity contribution in [3.8, 4) is 0 Å². The number of thioether (sulfide) groups is 1. The molecule has 6 heteroatoms. The van der Waals surface area contributed by atoms with Crippen LogP contribution in [0.15, 0.2) is 29.4 Å². The third kappa shape index (κ3) is 5.67. The summed E-state index contributed by atoms with van der Waals surface area (Å²) in [4.78, 5) is 12.0. The highest BCUT2D eigenvalue weighted by Gasteiger charge is 2.11. The van der Waals surface area contributed by atoms with Crippen LogP contribution in [-0.2, 0) is 24.8 Å². The van der Waals surface area contributed by atoms with E-state index in [0.29, 0.717) is 18.9 Å². The molecule has 0 saturated carbocycles. The zero-order valence-electron chi connectivity index (χ0n) is 14.9. The van der Waals surface area contributed by atoms with E-state index >= 15 is 0 Å². The highest BCUT2D eigenvalue weighted by atomic mass is 32.2. The summed E-state index contributed by atoms with van der Waals surface area (Å²) in [6.45, 7) is 6.83. The molecule has 0 saturated heterocycles. The highest BCUT2D eigenvalue weighted by Crippen LogP contribution is 2.18. The Morgan fingerprint density at radius 1 is 1.25 bits per heavy atom. The molecule has 0 aliphatic carbocycles. The first-order chi connectivity index (χ1) is 11.5. The molecular weight excluding hydrogens is 320 g/mol. The number of amides is 1. The van der Waals surface area contributed by atoms with Crippen molar-refractivity contribution in [1.29, 1.82) is 0 Å². The van der Waals surface area contributed by atoms with E-state index in [1.807, 2.05) is 11.6 Å². The molecule has 2 rings (SSSR count). The molecule has 0 radical (unpaired) electrons. The van der Waals surface area contributed by atoms with E-state index in [2.05, 4.69) is 60.6 Å². The van der Waals surface area contributed by atoms with Gasteiger partial charge in [0.15, 0.2) is 11.0 Å². The third-order valence-electron chi connectivity index (χ3n) is 3.68. The molecule has 0 aliphatic heterocycles. The van der Waals surface area contributed by atoms with Crippen molar-refractivity contribution in [1.82, 2.24) is 20.1 Å². The molecule has 0 unspecified atom stereocenters. The SMILES string of the molecule is Cc1ccc(CCC(=O)NCc2nnc(SCC(C)C)n2C)cc1. The minimum Gasteiger partial charge on any atom is -0.349 e. The summed E-state index contributed by atoms with van der Waals surface area (Å²) >= 11 is 1.70. The fraction of sp³-hybridized carbons (Fsp3) is 0.500. The maximum atomic E-state index is 12.0. The van der Waals surface area contributed by atoms with E-state index < -0.39 is 0 Å². The first-order valence-corrected chi connectivity index (χ1v) is 9.27. The van der Waals surface area contributed by atoms with Gasteiger partial charge in [0.05, 0.1) is 6.54 Å². The van der Waals surface area contributed by atoms with Gasteiger partial charge in [-0.1, -0.05) is 55.4 Å². The van der Waals surface area contributed by atoms with Crippen molar-refractivity contribution in [3.63, 3.8) is 0 Å². The van der Waals surface area contributed by atoms with Crippen LogP contribution in [0.25, 0.3) is 0 Å². The normalized spacial score (nSPS) is 11.0. The van der Waals surface area contributed by atoms with E-state index in [-0.39, 0.29) is 5.91 Å². The average molecular weight is 347 g/mol. The number of aryl methyl sites for hydroxylation is 2. The number of nitrogens with one attached hydrogen (secondary N) is 1. The molecule has 0 aliphatic rings. The minimum absolute atomic E-state index is 0.0370. The van der Waals surface area contributed by atoms with E-state index in [9.17, 15) is 4.79 Å². The predicted molar refractivity (Wildman–Crippen MR) is 97.9 cm³/mol. The van der Waals surface area contributed by atoms with Gasteiger partial charge in [0.1, 0.15) is 0 Å². The van der Waals surface area contributed by atoms with E-state index in [1.165, 1.54) is 11.1 Å². The zero-order valence-corrected chi connectivity index (χ0v) is 15.7. The molecule has 24 heavy (non-hydrogen) atoms. The van der Waals surface area contributed by atoms with Crippen LogP contribution < -0.4 is 5.32 Å². The van der Waals surface area contributed by atoms with Gasteiger partial charge >= 0.3 is 0 Å². The molecule has 5 nitrogen and oxygen atoms in total. The highest BCUT2D eigenvalue weighted by molar-refractivity contribution is 7.99. The van der Waals surface area contributed by atoms with Crippen LogP contribution in [0, 0.1) is 12.8 Å². The zero-order chi connectivity index (χ0) is 17.5. The summed E-state index contributed by atoms with van der Waals surface area (Å²) in [5.74, 6) is 2.44. The molecule has 1 heterocycles. The van der Waals surface area contributed by atoms with Gasteiger partial charge in [0.2, 0.25) is 5.91 Å². The van der Waals surface area contributed by atoms with Crippen molar-refractivity contribution >= 4 is 17.7 Å². The first-order valence-electron chi connectivity index (χ1n) is 8.29. The number of benzene rings is 1. The summed E-state index contributed by atoms with van der Waals surface area (Å²) in [6.07, 6.45) is 1.23. The molecule has 1 amide bonds. The summed E-state index contributed by atoms with van der Waals surface area (Å²) in [6, 6.07) is 8.29. The van der Waals surface area contributed by atoms with Crippen molar-refractivity contribution < 1.29 is 4.79 Å². The Hall–Kier alpha value is -1.82. The first kappa shape index (κ1) is 18.5. The standard InChI is InChI=1S/C18H26N4OS/c1-13(2)12-24-18-21-20-16(22(18)4)11-19-17(23)10-9-15-7-5-14(3)6-8-15/h5-8,13H,9-12H2,1-4H3,(H,19,23). The lowest BCUT2D eigenvalue weighted by molar-refractivity contribution is -0.121. The topological polar surface area (TPSA) is 59.8 Å². The van der Waals surface area contributed by atoms with Gasteiger partial charge in [0.25, 0.3) is 0 Å². The number of rotatable bonds is 8. The molecule has 130 valence electrons. The van der Waals surface area contributed by atoms with Gasteiger partial charge in [0, 0.05) is 19.2 Å². The van der Waals surface area contributed by atoms with E-state index in [1.54, 1.807) is 11.8 Å². The molecule has 0 bridgehead atoms. The van der Waals surface area contributed by atoms with Crippen LogP contribution in [0.2, 0.25) is 0 Å². The smallest absolute Gasteiger partial charge is 0.220 e. The minimum atomic E-state index is 0.0370. The quantitative estimate of drug-likeness (QED) is 0.746. The molecule has 2 aromatic rings. The van der Waals surface area contributed by atoms with Crippen molar-refractivity contribution in [2.75, 3.05) is 5.75 Å². The molecule has 0 spiro atoms. The molecule has 1 aromatic carbocycles. The predicted octanol–water partition coefficient (Wildman–Crippen LogP) is 3.12. The Kier molecular flexibility index (Phi) is 6.85. The summed E-state index contributed by atoms with van der Waals surface area (Å²) < 4.78 is 1.95. The van der Waals surface area contributed by atoms with Gasteiger partial charge in [-0.3, -0.25) is 4.79 Å². The van der Waals surface area contributed by atoms with Crippen molar-refractivity contribution in [2.24, 2.45) is 13.0 Å². The van der Waals surface area contributed by atoms with Crippen molar-refractivity contribution in [3.05, 3.63) is 41.2 Å². The Balaban J connectivity index is 1.78. The van der Waals surface area contributed by atoms with Crippen LogP contribution in [0.1, 0.15) is 37.2 Å². The lowest BCUT2D eigenvalue weighted by atomic mass is 10.1. The van der Waals surface area contributed by atoms with Gasteiger partial charge in [-0.15, -0.1) is 10.2 Å². The van der Waals surface area contributed by atoms with Crippen LogP contribution in [0.3, 0.4) is 0 Å². The molecule has 0 fully saturated rings. The largest absolute Gasteiger partial charge is 0.349 e. The maximum Gasteiger partial charge on any atom is 0.220 e. The third-order valence-corrected chi connectivity index (χ3v) is 5.12. The fourth-order valence-corrected chi connectivity index (χ4v) is 3.02. The Bertz CT molecular complexity index is 664. The number of carbonyl (C=O) groups is 1. The second-order valence-corrected chi connectivity index (χ2v) is 7.41. The van der Waals surface area contributed by atoms with Gasteiger partial charge in [-0.05, 0) is 24.8 Å². The molecule has 1 N–H and O–H groups in total. The molecular formula is C18H26N4OS. The Morgan fingerprint density at radius 3 is 2.62 bits per heavy atom. The second-order valence-electron chi connectivity index (χ2n) is 6.42. The lowest BCUT2D eigenvalue weighted by Gasteiger charge is -2.07. The maximum absolute atomic E-state index is 12.0. The molecule has 1 aromatic heterocycles. The average Bonchev–Trinajstić information content (AvgIpc) is 2.90. The van der Waals surface area contributed by atoms with Crippen LogP contribution in [0.5, 0.6) is 0 Å². The number of hydrogen-bond donors (Lipinski definition) is 1. The Morgan fingerprint density at radius 2 is 1.96 bits per heavy atom. The number of aromatic nitrogens is 3. The van der Waals surface area contributed by atoms with Gasteiger partial charge in [-0.25, -0.2) is 0 Å². The van der Waals surface area contributed by atoms with Crippen LogP contribution in [-0.4, -0.2) is 26.4 Å². The van der Waals surface area contributed by atoms with Crippen molar-refractivity contribution in [2.45, 2.75) is 45.3 Å². The van der Waals surface area contributed by atoms with Gasteiger partial charge < -0.3 is 9.88 Å². The van der Waals surface area contributed by atoms with Crippen LogP contribution >= 0.6 is 11.8 Å². The lowest BCUT2D eigenvalue weighted by Crippen LogP contribution is -2.24. The molecule has 0 atom stereocenters. The second kappa shape index (κ2) is 8.87. The number of hydrogen-bond acceptors (Lipinski definition) is 4. The fourth-order valence-electron chi connectivity index (χ4n) is 2.14.